The van der Waals surface area contributed by atoms with Gasteiger partial charge in [0.2, 0.25) is 0 Å². The number of phenolic OH excluding ortho intramolecular Hbond substituents is 1. The number of carbonyl (C=O) groups is 1. The summed E-state index contributed by atoms with van der Waals surface area (Å²) in [7, 11) is 0. The van der Waals surface area contributed by atoms with Crippen LogP contribution in [0, 0.1) is 0 Å². The number of esters is 1. The zero-order valence-electron chi connectivity index (χ0n) is 13.9. The van der Waals surface area contributed by atoms with Crippen molar-refractivity contribution in [1.82, 2.24) is 10.3 Å². The second-order valence-electron chi connectivity index (χ2n) is 6.88. The van der Waals surface area contributed by atoms with Gasteiger partial charge in [0.15, 0.2) is 0 Å². The number of hydrogen-bond acceptors (Lipinski definition) is 4. The van der Waals surface area contributed by atoms with Gasteiger partial charge in [0.05, 0.1) is 17.4 Å². The minimum absolute atomic E-state index is 0.180. The molecule has 0 atom stereocenters. The van der Waals surface area contributed by atoms with Crippen molar-refractivity contribution >= 4 is 22.4 Å². The molecule has 2 heterocycles. The van der Waals surface area contributed by atoms with Gasteiger partial charge in [0, 0.05) is 35.1 Å². The van der Waals surface area contributed by atoms with Crippen LogP contribution in [0.1, 0.15) is 39.0 Å². The number of benzene rings is 1. The van der Waals surface area contributed by atoms with Crippen LogP contribution in [0.5, 0.6) is 5.75 Å². The lowest BCUT2D eigenvalue weighted by molar-refractivity contribution is -0.140. The summed E-state index contributed by atoms with van der Waals surface area (Å²) in [5.74, 6) is -0.164. The molecule has 0 amide bonds. The number of carbonyl (C=O) groups excluding carboxylic acids is 1. The molecule has 1 aromatic carbocycles. The van der Waals surface area contributed by atoms with E-state index >= 15 is 0 Å². The Morgan fingerprint density at radius 1 is 1.35 bits per heavy atom. The van der Waals surface area contributed by atoms with Crippen molar-refractivity contribution in [2.45, 2.75) is 39.2 Å². The van der Waals surface area contributed by atoms with E-state index in [-0.39, 0.29) is 23.2 Å². The van der Waals surface area contributed by atoms with Crippen LogP contribution in [0.4, 0.5) is 0 Å². The Bertz CT molecular complexity index is 800. The van der Waals surface area contributed by atoms with Crippen molar-refractivity contribution in [2.24, 2.45) is 0 Å². The third-order valence-corrected chi connectivity index (χ3v) is 4.08. The Balaban J connectivity index is 2.22. The summed E-state index contributed by atoms with van der Waals surface area (Å²) in [4.78, 5) is 15.8. The Morgan fingerprint density at radius 2 is 2.09 bits per heavy atom. The topological polar surface area (TPSA) is 74.3 Å². The van der Waals surface area contributed by atoms with Crippen LogP contribution < -0.4 is 5.32 Å². The number of aromatic hydroxyl groups is 1. The number of H-pyrrole nitrogens is 1. The summed E-state index contributed by atoms with van der Waals surface area (Å²) >= 11 is 0. The molecule has 0 aliphatic carbocycles. The maximum atomic E-state index is 12.5. The van der Waals surface area contributed by atoms with E-state index in [1.165, 1.54) is 0 Å². The molecule has 1 aromatic heterocycles. The Morgan fingerprint density at radius 3 is 2.78 bits per heavy atom. The third-order valence-electron chi connectivity index (χ3n) is 4.08. The summed E-state index contributed by atoms with van der Waals surface area (Å²) in [5, 5.41) is 14.0. The van der Waals surface area contributed by atoms with E-state index < -0.39 is 0 Å². The number of fused-ring (bicyclic) bond motifs is 3. The number of nitrogens with one attached hydrogen (secondary N) is 2. The van der Waals surface area contributed by atoms with Crippen molar-refractivity contribution in [3.8, 4) is 5.75 Å². The molecule has 23 heavy (non-hydrogen) atoms. The highest BCUT2D eigenvalue weighted by Crippen LogP contribution is 2.39. The predicted octanol–water partition coefficient (Wildman–Crippen LogP) is 3.05. The average Bonchev–Trinajstić information content (AvgIpc) is 2.75. The fourth-order valence-corrected chi connectivity index (χ4v) is 3.10. The summed E-state index contributed by atoms with van der Waals surface area (Å²) in [6.07, 6.45) is 1.53. The molecule has 5 nitrogen and oxygen atoms in total. The molecule has 1 aliphatic rings. The van der Waals surface area contributed by atoms with E-state index in [0.29, 0.717) is 12.1 Å². The lowest BCUT2D eigenvalue weighted by Crippen LogP contribution is -2.29. The van der Waals surface area contributed by atoms with Crippen molar-refractivity contribution in [2.75, 3.05) is 6.54 Å². The standard InChI is InChI=1S/C18H22N2O3/c1-10(2)23-17(22)13-8-19-9-18(3,4)15-12-6-5-11(21)7-14(12)20-16(13)15/h5-8,10,19-21H,9H2,1-4H3. The van der Waals surface area contributed by atoms with Crippen molar-refractivity contribution in [3.05, 3.63) is 35.7 Å². The number of rotatable bonds is 2. The van der Waals surface area contributed by atoms with Gasteiger partial charge >= 0.3 is 5.97 Å². The first-order chi connectivity index (χ1) is 10.8. The lowest BCUT2D eigenvalue weighted by atomic mass is 9.82. The predicted molar refractivity (Wildman–Crippen MR) is 90.2 cm³/mol. The maximum Gasteiger partial charge on any atom is 0.342 e. The number of aromatic nitrogens is 1. The second-order valence-corrected chi connectivity index (χ2v) is 6.88. The van der Waals surface area contributed by atoms with Gasteiger partial charge in [0.25, 0.3) is 0 Å². The van der Waals surface area contributed by atoms with Gasteiger partial charge in [0.1, 0.15) is 5.75 Å². The maximum absolute atomic E-state index is 12.5. The van der Waals surface area contributed by atoms with Crippen molar-refractivity contribution < 1.29 is 14.6 Å². The summed E-state index contributed by atoms with van der Waals surface area (Å²) < 4.78 is 5.37. The Labute approximate surface area is 135 Å². The van der Waals surface area contributed by atoms with Crippen molar-refractivity contribution in [1.29, 1.82) is 0 Å². The molecule has 5 heteroatoms. The molecule has 0 fully saturated rings. The highest BCUT2D eigenvalue weighted by molar-refractivity contribution is 6.18. The van der Waals surface area contributed by atoms with Crippen LogP contribution in [0.25, 0.3) is 16.5 Å². The number of hydrogen-bond donors (Lipinski definition) is 3. The molecular weight excluding hydrogens is 292 g/mol. The van der Waals surface area contributed by atoms with Crippen LogP contribution in [0.15, 0.2) is 24.4 Å². The quantitative estimate of drug-likeness (QED) is 0.745. The number of aromatic amines is 1. The Hall–Kier alpha value is -2.43. The largest absolute Gasteiger partial charge is 0.508 e. The minimum atomic E-state index is -0.359. The summed E-state index contributed by atoms with van der Waals surface area (Å²) in [6.45, 7) is 8.62. The zero-order valence-corrected chi connectivity index (χ0v) is 13.9. The fraction of sp³-hybridized carbons (Fsp3) is 0.389. The molecule has 0 unspecified atom stereocenters. The smallest absolute Gasteiger partial charge is 0.342 e. The van der Waals surface area contributed by atoms with E-state index in [9.17, 15) is 9.90 Å². The first-order valence-electron chi connectivity index (χ1n) is 7.79. The monoisotopic (exact) mass is 314 g/mol. The SMILES string of the molecule is CC(C)OC(=O)C1=CNCC(C)(C)c2c1[nH]c1cc(O)ccc21. The van der Waals surface area contributed by atoms with Crippen LogP contribution >= 0.6 is 0 Å². The molecule has 0 bridgehead atoms. The van der Waals surface area contributed by atoms with Crippen molar-refractivity contribution in [3.63, 3.8) is 0 Å². The Kier molecular flexibility index (Phi) is 3.59. The first-order valence-corrected chi connectivity index (χ1v) is 7.79. The van der Waals surface area contributed by atoms with Gasteiger partial charge in [-0.15, -0.1) is 0 Å². The number of ether oxygens (including phenoxy) is 1. The molecular formula is C18H22N2O3. The minimum Gasteiger partial charge on any atom is -0.508 e. The highest BCUT2D eigenvalue weighted by Gasteiger charge is 2.33. The molecule has 0 saturated heterocycles. The van der Waals surface area contributed by atoms with Crippen LogP contribution in [-0.4, -0.2) is 28.7 Å². The summed E-state index contributed by atoms with van der Waals surface area (Å²) in [5.41, 5.74) is 2.93. The third kappa shape index (κ3) is 2.67. The van der Waals surface area contributed by atoms with Crippen LogP contribution in [0.2, 0.25) is 0 Å². The number of phenols is 1. The molecule has 122 valence electrons. The van der Waals surface area contributed by atoms with Gasteiger partial charge in [-0.05, 0) is 31.5 Å². The van der Waals surface area contributed by atoms with Gasteiger partial charge in [-0.25, -0.2) is 4.79 Å². The molecule has 3 rings (SSSR count). The average molecular weight is 314 g/mol. The summed E-state index contributed by atoms with van der Waals surface area (Å²) in [6, 6.07) is 5.23. The molecule has 2 aromatic rings. The van der Waals surface area contributed by atoms with Crippen LogP contribution in [0.3, 0.4) is 0 Å². The molecule has 0 spiro atoms. The van der Waals surface area contributed by atoms with Gasteiger partial charge in [-0.1, -0.05) is 13.8 Å². The fourth-order valence-electron chi connectivity index (χ4n) is 3.10. The van der Waals surface area contributed by atoms with Gasteiger partial charge < -0.3 is 20.1 Å². The molecule has 0 radical (unpaired) electrons. The lowest BCUT2D eigenvalue weighted by Gasteiger charge is -2.24. The molecule has 1 aliphatic heterocycles. The van der Waals surface area contributed by atoms with E-state index in [1.807, 2.05) is 19.9 Å². The molecule has 0 saturated carbocycles. The van der Waals surface area contributed by atoms with E-state index in [4.69, 9.17) is 4.74 Å². The van der Waals surface area contributed by atoms with E-state index in [1.54, 1.807) is 18.3 Å². The van der Waals surface area contributed by atoms with Gasteiger partial charge in [-0.2, -0.15) is 0 Å². The van der Waals surface area contributed by atoms with Crippen LogP contribution in [-0.2, 0) is 14.9 Å². The first kappa shape index (κ1) is 15.5. The normalized spacial score (nSPS) is 16.5. The van der Waals surface area contributed by atoms with E-state index in [0.717, 1.165) is 22.2 Å². The zero-order chi connectivity index (χ0) is 16.8. The molecule has 3 N–H and O–H groups in total. The highest BCUT2D eigenvalue weighted by atomic mass is 16.5. The van der Waals surface area contributed by atoms with Gasteiger partial charge in [-0.3, -0.25) is 0 Å². The van der Waals surface area contributed by atoms with E-state index in [2.05, 4.69) is 24.1 Å². The second kappa shape index (κ2) is 5.33.